The fourth-order valence-electron chi connectivity index (χ4n) is 1.80. The highest BCUT2D eigenvalue weighted by atomic mass is 16.5. The summed E-state index contributed by atoms with van der Waals surface area (Å²) in [4.78, 5) is 10.6. The van der Waals surface area contributed by atoms with Gasteiger partial charge in [0.15, 0.2) is 12.0 Å². The minimum absolute atomic E-state index is 0.265. The molecule has 0 atom stereocenters. The van der Waals surface area contributed by atoms with E-state index in [1.165, 1.54) is 0 Å². The molecule has 0 aliphatic carbocycles. The van der Waals surface area contributed by atoms with E-state index in [2.05, 4.69) is 11.4 Å². The molecule has 0 saturated heterocycles. The number of rotatable bonds is 6. The van der Waals surface area contributed by atoms with Gasteiger partial charge in [-0.05, 0) is 30.3 Å². The number of aldehydes is 1. The number of hydrogen-bond acceptors (Lipinski definition) is 5. The van der Waals surface area contributed by atoms with E-state index in [1.807, 2.05) is 12.1 Å². The number of hydrogen-bond donors (Lipinski definition) is 1. The SMILES string of the molecule is COCCNc1ccc(-c2ccc(C=O)o2)cc1C#N. The Hall–Kier alpha value is -2.58. The van der Waals surface area contributed by atoms with Crippen molar-refractivity contribution in [2.24, 2.45) is 0 Å². The largest absolute Gasteiger partial charge is 0.453 e. The molecule has 1 N–H and O–H groups in total. The highest BCUT2D eigenvalue weighted by molar-refractivity contribution is 5.74. The number of anilines is 1. The molecule has 5 nitrogen and oxygen atoms in total. The predicted octanol–water partition coefficient (Wildman–Crippen LogP) is 2.69. The summed E-state index contributed by atoms with van der Waals surface area (Å²) in [7, 11) is 1.62. The fraction of sp³-hybridized carbons (Fsp3) is 0.200. The number of carbonyl (C=O) groups excluding carboxylic acids is 1. The van der Waals surface area contributed by atoms with E-state index in [-0.39, 0.29) is 5.76 Å². The minimum Gasteiger partial charge on any atom is -0.453 e. The second kappa shape index (κ2) is 6.55. The van der Waals surface area contributed by atoms with Crippen molar-refractivity contribution in [3.63, 3.8) is 0 Å². The molecule has 1 aromatic carbocycles. The van der Waals surface area contributed by atoms with Gasteiger partial charge in [-0.3, -0.25) is 4.79 Å². The number of furan rings is 1. The number of nitriles is 1. The number of ether oxygens (including phenoxy) is 1. The van der Waals surface area contributed by atoms with Crippen molar-refractivity contribution in [3.05, 3.63) is 41.7 Å². The zero-order chi connectivity index (χ0) is 14.4. The van der Waals surface area contributed by atoms with Crippen LogP contribution in [-0.2, 0) is 4.74 Å². The van der Waals surface area contributed by atoms with Crippen molar-refractivity contribution in [1.29, 1.82) is 5.26 Å². The van der Waals surface area contributed by atoms with Gasteiger partial charge < -0.3 is 14.5 Å². The maximum atomic E-state index is 10.6. The summed E-state index contributed by atoms with van der Waals surface area (Å²) < 4.78 is 10.3. The zero-order valence-electron chi connectivity index (χ0n) is 11.1. The summed E-state index contributed by atoms with van der Waals surface area (Å²) in [6.07, 6.45) is 0.648. The Balaban J connectivity index is 2.24. The fourth-order valence-corrected chi connectivity index (χ4v) is 1.80. The zero-order valence-corrected chi connectivity index (χ0v) is 11.1. The van der Waals surface area contributed by atoms with Gasteiger partial charge in [-0.1, -0.05) is 0 Å². The second-order valence-corrected chi connectivity index (χ2v) is 4.11. The van der Waals surface area contributed by atoms with Gasteiger partial charge in [0.1, 0.15) is 11.8 Å². The Morgan fingerprint density at radius 2 is 2.25 bits per heavy atom. The molecule has 0 aliphatic rings. The number of carbonyl (C=O) groups is 1. The molecule has 0 spiro atoms. The molecular weight excluding hydrogens is 256 g/mol. The van der Waals surface area contributed by atoms with Crippen molar-refractivity contribution in [1.82, 2.24) is 0 Å². The third kappa shape index (κ3) is 3.05. The monoisotopic (exact) mass is 270 g/mol. The molecule has 2 aromatic rings. The number of nitrogens with one attached hydrogen (secondary N) is 1. The van der Waals surface area contributed by atoms with E-state index < -0.39 is 0 Å². The third-order valence-corrected chi connectivity index (χ3v) is 2.79. The molecule has 102 valence electrons. The van der Waals surface area contributed by atoms with E-state index in [0.717, 1.165) is 11.3 Å². The first-order valence-electron chi connectivity index (χ1n) is 6.11. The molecule has 5 heteroatoms. The Kier molecular flexibility index (Phi) is 4.53. The van der Waals surface area contributed by atoms with Gasteiger partial charge in [-0.15, -0.1) is 0 Å². The van der Waals surface area contributed by atoms with Gasteiger partial charge >= 0.3 is 0 Å². The molecule has 1 aromatic heterocycles. The van der Waals surface area contributed by atoms with Crippen LogP contribution in [0.15, 0.2) is 34.7 Å². The summed E-state index contributed by atoms with van der Waals surface area (Å²) >= 11 is 0. The van der Waals surface area contributed by atoms with Gasteiger partial charge in [0.05, 0.1) is 17.9 Å². The van der Waals surface area contributed by atoms with E-state index in [9.17, 15) is 10.1 Å². The summed E-state index contributed by atoms with van der Waals surface area (Å²) in [6, 6.07) is 10.8. The van der Waals surface area contributed by atoms with Gasteiger partial charge in [0, 0.05) is 19.2 Å². The van der Waals surface area contributed by atoms with E-state index in [0.29, 0.717) is 30.8 Å². The third-order valence-electron chi connectivity index (χ3n) is 2.79. The molecule has 0 bridgehead atoms. The average molecular weight is 270 g/mol. The molecule has 0 saturated carbocycles. The second-order valence-electron chi connectivity index (χ2n) is 4.11. The Morgan fingerprint density at radius 3 is 2.90 bits per heavy atom. The van der Waals surface area contributed by atoms with Crippen molar-refractivity contribution < 1.29 is 13.9 Å². The summed E-state index contributed by atoms with van der Waals surface area (Å²) in [5, 5.41) is 12.3. The molecule has 0 amide bonds. The molecule has 20 heavy (non-hydrogen) atoms. The van der Waals surface area contributed by atoms with Crippen LogP contribution < -0.4 is 5.32 Å². The number of benzene rings is 1. The molecule has 2 rings (SSSR count). The maximum absolute atomic E-state index is 10.6. The van der Waals surface area contributed by atoms with Gasteiger partial charge in [0.2, 0.25) is 0 Å². The summed E-state index contributed by atoms with van der Waals surface area (Å²) in [6.45, 7) is 1.19. The quantitative estimate of drug-likeness (QED) is 0.645. The smallest absolute Gasteiger partial charge is 0.185 e. The van der Waals surface area contributed by atoms with Gasteiger partial charge in [-0.2, -0.15) is 5.26 Å². The van der Waals surface area contributed by atoms with Crippen LogP contribution in [0.5, 0.6) is 0 Å². The first kappa shape index (κ1) is 13.8. The van der Waals surface area contributed by atoms with E-state index in [4.69, 9.17) is 9.15 Å². The molecule has 0 radical (unpaired) electrons. The lowest BCUT2D eigenvalue weighted by Gasteiger charge is -2.08. The average Bonchev–Trinajstić information content (AvgIpc) is 2.96. The molecule has 0 fully saturated rings. The van der Waals surface area contributed by atoms with Gasteiger partial charge in [-0.25, -0.2) is 0 Å². The lowest BCUT2D eigenvalue weighted by Crippen LogP contribution is -2.08. The minimum atomic E-state index is 0.265. The first-order valence-corrected chi connectivity index (χ1v) is 6.11. The lowest BCUT2D eigenvalue weighted by atomic mass is 10.1. The van der Waals surface area contributed by atoms with Crippen LogP contribution in [0, 0.1) is 11.3 Å². The summed E-state index contributed by atoms with van der Waals surface area (Å²) in [5.41, 5.74) is 2.02. The van der Waals surface area contributed by atoms with Crippen LogP contribution in [0.4, 0.5) is 5.69 Å². The van der Waals surface area contributed by atoms with Crippen molar-refractivity contribution in [3.8, 4) is 17.4 Å². The highest BCUT2D eigenvalue weighted by Gasteiger charge is 2.08. The van der Waals surface area contributed by atoms with E-state index >= 15 is 0 Å². The summed E-state index contributed by atoms with van der Waals surface area (Å²) in [5.74, 6) is 0.827. The van der Waals surface area contributed by atoms with Crippen LogP contribution in [0.1, 0.15) is 16.1 Å². The van der Waals surface area contributed by atoms with Crippen molar-refractivity contribution in [2.45, 2.75) is 0 Å². The standard InChI is InChI=1S/C15H14N2O3/c1-19-7-6-17-14-4-2-11(8-12(14)9-16)15-5-3-13(10-18)20-15/h2-5,8,10,17H,6-7H2,1H3. The van der Waals surface area contributed by atoms with Gasteiger partial charge in [0.25, 0.3) is 0 Å². The van der Waals surface area contributed by atoms with Crippen LogP contribution in [-0.4, -0.2) is 26.5 Å². The molecular formula is C15H14N2O3. The topological polar surface area (TPSA) is 75.3 Å². The Labute approximate surface area is 116 Å². The Morgan fingerprint density at radius 1 is 1.40 bits per heavy atom. The number of nitrogens with zero attached hydrogens (tertiary/aromatic N) is 1. The maximum Gasteiger partial charge on any atom is 0.185 e. The number of methoxy groups -OCH3 is 1. The normalized spacial score (nSPS) is 10.0. The highest BCUT2D eigenvalue weighted by Crippen LogP contribution is 2.26. The van der Waals surface area contributed by atoms with Crippen LogP contribution in [0.3, 0.4) is 0 Å². The van der Waals surface area contributed by atoms with Crippen molar-refractivity contribution in [2.75, 3.05) is 25.6 Å². The van der Waals surface area contributed by atoms with Crippen molar-refractivity contribution >= 4 is 12.0 Å². The lowest BCUT2D eigenvalue weighted by molar-refractivity contribution is 0.110. The first-order chi connectivity index (χ1) is 9.78. The Bertz CT molecular complexity index is 641. The molecule has 0 aliphatic heterocycles. The molecule has 1 heterocycles. The predicted molar refractivity (Wildman–Crippen MR) is 74.6 cm³/mol. The van der Waals surface area contributed by atoms with Crippen LogP contribution in [0.2, 0.25) is 0 Å². The molecule has 0 unspecified atom stereocenters. The van der Waals surface area contributed by atoms with E-state index in [1.54, 1.807) is 25.3 Å². The van der Waals surface area contributed by atoms with Crippen LogP contribution >= 0.6 is 0 Å². The van der Waals surface area contributed by atoms with Crippen LogP contribution in [0.25, 0.3) is 11.3 Å².